The molecule has 3 rings (SSSR count). The summed E-state index contributed by atoms with van der Waals surface area (Å²) in [6.45, 7) is 7.55. The van der Waals surface area contributed by atoms with Crippen LogP contribution in [-0.2, 0) is 4.74 Å². The topological polar surface area (TPSA) is 108 Å². The zero-order chi connectivity index (χ0) is 21.8. The smallest absolute Gasteiger partial charge is 0.273 e. The van der Waals surface area contributed by atoms with E-state index in [0.717, 1.165) is 45.0 Å². The number of anilines is 1. The first-order valence-corrected chi connectivity index (χ1v) is 9.52. The summed E-state index contributed by atoms with van der Waals surface area (Å²) in [6, 6.07) is 3.87. The Bertz CT molecular complexity index is 1180. The minimum absolute atomic E-state index is 0.250. The molecule has 3 aromatic heterocycles. The Labute approximate surface area is 175 Å². The molecule has 0 fully saturated rings. The first-order valence-electron chi connectivity index (χ1n) is 9.52. The van der Waals surface area contributed by atoms with Crippen molar-refractivity contribution in [1.82, 2.24) is 20.2 Å². The van der Waals surface area contributed by atoms with Crippen molar-refractivity contribution >= 4 is 33.9 Å². The van der Waals surface area contributed by atoms with Crippen LogP contribution in [0.4, 0.5) is 5.69 Å². The third-order valence-electron chi connectivity index (χ3n) is 5.03. The van der Waals surface area contributed by atoms with E-state index in [1.807, 2.05) is 52.0 Å². The van der Waals surface area contributed by atoms with Gasteiger partial charge in [-0.2, -0.15) is 5.10 Å². The third-order valence-corrected chi connectivity index (χ3v) is 5.03. The molecule has 0 aliphatic heterocycles. The lowest BCUT2D eigenvalue weighted by atomic mass is 10.1. The summed E-state index contributed by atoms with van der Waals surface area (Å²) < 4.78 is 5.21. The molecule has 0 radical (unpaired) electrons. The summed E-state index contributed by atoms with van der Waals surface area (Å²) in [5, 5.41) is 10.6. The highest BCUT2D eigenvalue weighted by Gasteiger charge is 2.15. The van der Waals surface area contributed by atoms with Crippen LogP contribution in [0.15, 0.2) is 41.2 Å². The number of allylic oxidation sites excluding steroid dienone is 4. The van der Waals surface area contributed by atoms with E-state index in [-0.39, 0.29) is 5.91 Å². The lowest BCUT2D eigenvalue weighted by molar-refractivity contribution is 0.102. The number of aromatic nitrogens is 4. The van der Waals surface area contributed by atoms with Crippen LogP contribution >= 0.6 is 0 Å². The van der Waals surface area contributed by atoms with Crippen molar-refractivity contribution in [3.63, 3.8) is 0 Å². The van der Waals surface area contributed by atoms with Crippen molar-refractivity contribution in [2.45, 2.75) is 27.7 Å². The fraction of sp³-hybridized carbons (Fsp3) is 0.273. The number of amides is 1. The number of rotatable bonds is 6. The van der Waals surface area contributed by atoms with Crippen LogP contribution in [0, 0.1) is 13.8 Å². The molecule has 1 amide bonds. The summed E-state index contributed by atoms with van der Waals surface area (Å²) in [7, 11) is 3.39. The van der Waals surface area contributed by atoms with Gasteiger partial charge in [-0.25, -0.2) is 4.98 Å². The van der Waals surface area contributed by atoms with Crippen LogP contribution < -0.4 is 5.32 Å². The Kier molecular flexibility index (Phi) is 6.15. The van der Waals surface area contributed by atoms with Crippen molar-refractivity contribution in [2.24, 2.45) is 4.99 Å². The predicted octanol–water partition coefficient (Wildman–Crippen LogP) is 4.18. The molecule has 0 aliphatic carbocycles. The number of aliphatic imine (C=N–C) groups is 1. The number of aryl methyl sites for hydroxylation is 1. The summed E-state index contributed by atoms with van der Waals surface area (Å²) >= 11 is 0. The van der Waals surface area contributed by atoms with Gasteiger partial charge in [0.05, 0.1) is 30.4 Å². The molecular weight excluding hydrogens is 380 g/mol. The number of nitrogens with zero attached hydrogens (tertiary/aromatic N) is 3. The van der Waals surface area contributed by atoms with Crippen molar-refractivity contribution in [3.05, 3.63) is 58.9 Å². The van der Waals surface area contributed by atoms with Gasteiger partial charge in [0.25, 0.3) is 5.91 Å². The Balaban J connectivity index is 1.93. The molecule has 0 aliphatic rings. The number of fused-ring (bicyclic) bond motifs is 1. The highest BCUT2D eigenvalue weighted by atomic mass is 16.5. The molecule has 0 bridgehead atoms. The second kappa shape index (κ2) is 8.77. The SMILES string of the molecule is C/N=C(C)/C(=C\C=C(/C)OC)c1cc2cc(NC(=O)c3[nH]nc(C)c3C)cnc2[nH]1. The Morgan fingerprint density at radius 3 is 2.63 bits per heavy atom. The van der Waals surface area contributed by atoms with Crippen LogP contribution in [0.25, 0.3) is 16.6 Å². The molecule has 0 spiro atoms. The van der Waals surface area contributed by atoms with Gasteiger partial charge in [0.2, 0.25) is 0 Å². The molecule has 156 valence electrons. The molecule has 3 aromatic rings. The van der Waals surface area contributed by atoms with E-state index >= 15 is 0 Å². The van der Waals surface area contributed by atoms with Crippen LogP contribution in [0.2, 0.25) is 0 Å². The maximum atomic E-state index is 12.5. The van der Waals surface area contributed by atoms with Crippen LogP contribution in [0.1, 0.15) is 41.3 Å². The van der Waals surface area contributed by atoms with Gasteiger partial charge in [-0.3, -0.25) is 14.9 Å². The van der Waals surface area contributed by atoms with Crippen molar-refractivity contribution in [2.75, 3.05) is 19.5 Å². The zero-order valence-electron chi connectivity index (χ0n) is 18.0. The number of nitrogens with one attached hydrogen (secondary N) is 3. The number of pyridine rings is 1. The van der Waals surface area contributed by atoms with Crippen molar-refractivity contribution < 1.29 is 9.53 Å². The van der Waals surface area contributed by atoms with E-state index in [2.05, 4.69) is 30.5 Å². The lowest BCUT2D eigenvalue weighted by Gasteiger charge is -2.04. The first-order chi connectivity index (χ1) is 14.3. The fourth-order valence-electron chi connectivity index (χ4n) is 2.93. The van der Waals surface area contributed by atoms with Crippen LogP contribution in [-0.4, -0.2) is 45.9 Å². The third kappa shape index (κ3) is 4.32. The monoisotopic (exact) mass is 406 g/mol. The molecule has 8 nitrogen and oxygen atoms in total. The van der Waals surface area contributed by atoms with Crippen LogP contribution in [0.5, 0.6) is 0 Å². The maximum absolute atomic E-state index is 12.5. The van der Waals surface area contributed by atoms with Crippen molar-refractivity contribution in [3.8, 4) is 0 Å². The average Bonchev–Trinajstić information content (AvgIpc) is 3.30. The second-order valence-corrected chi connectivity index (χ2v) is 6.98. The van der Waals surface area contributed by atoms with Gasteiger partial charge in [-0.1, -0.05) is 0 Å². The summed E-state index contributed by atoms with van der Waals surface area (Å²) in [6.07, 6.45) is 5.47. The Morgan fingerprint density at radius 1 is 1.23 bits per heavy atom. The molecule has 0 aromatic carbocycles. The number of carbonyl (C=O) groups is 1. The number of ether oxygens (including phenoxy) is 1. The van der Waals surface area contributed by atoms with E-state index in [9.17, 15) is 4.79 Å². The van der Waals surface area contributed by atoms with E-state index in [4.69, 9.17) is 4.74 Å². The van der Waals surface area contributed by atoms with Crippen molar-refractivity contribution in [1.29, 1.82) is 0 Å². The van der Waals surface area contributed by atoms with Gasteiger partial charge in [0, 0.05) is 35.0 Å². The number of carbonyl (C=O) groups excluding carboxylic acids is 1. The normalized spacial score (nSPS) is 13.1. The number of methoxy groups -OCH3 is 1. The van der Waals surface area contributed by atoms with E-state index in [1.54, 1.807) is 20.4 Å². The Morgan fingerprint density at radius 2 is 2.00 bits per heavy atom. The molecule has 0 saturated heterocycles. The quantitative estimate of drug-likeness (QED) is 0.324. The number of hydrogen-bond acceptors (Lipinski definition) is 5. The summed E-state index contributed by atoms with van der Waals surface area (Å²) in [5.74, 6) is 0.541. The van der Waals surface area contributed by atoms with E-state index in [1.165, 1.54) is 0 Å². The summed E-state index contributed by atoms with van der Waals surface area (Å²) in [4.78, 5) is 24.6. The standard InChI is InChI=1S/C22H26N6O2/c1-12(30-6)7-8-18(15(4)23-5)19-10-16-9-17(11-24-21(16)26-19)25-22(29)20-13(2)14(3)27-28-20/h7-11H,1-6H3,(H,24,26)(H,25,29)(H,27,28)/b12-7+,18-8+,23-15+. The first kappa shape index (κ1) is 21.0. The van der Waals surface area contributed by atoms with Gasteiger partial charge in [-0.15, -0.1) is 0 Å². The minimum atomic E-state index is -0.250. The largest absolute Gasteiger partial charge is 0.501 e. The van der Waals surface area contributed by atoms with Gasteiger partial charge < -0.3 is 15.0 Å². The summed E-state index contributed by atoms with van der Waals surface area (Å²) in [5.41, 5.74) is 6.08. The average molecular weight is 406 g/mol. The number of hydrogen-bond donors (Lipinski definition) is 3. The highest BCUT2D eigenvalue weighted by molar-refractivity contribution is 6.23. The predicted molar refractivity (Wildman–Crippen MR) is 120 cm³/mol. The minimum Gasteiger partial charge on any atom is -0.501 e. The molecular formula is C22H26N6O2. The number of H-pyrrole nitrogens is 2. The Hall–Kier alpha value is -3.68. The van der Waals surface area contributed by atoms with Gasteiger partial charge in [0.1, 0.15) is 11.3 Å². The second-order valence-electron chi connectivity index (χ2n) is 6.98. The van der Waals surface area contributed by atoms with E-state index in [0.29, 0.717) is 11.4 Å². The molecule has 0 unspecified atom stereocenters. The molecule has 30 heavy (non-hydrogen) atoms. The van der Waals surface area contributed by atoms with Gasteiger partial charge in [-0.05, 0) is 52.0 Å². The van der Waals surface area contributed by atoms with Gasteiger partial charge >= 0.3 is 0 Å². The maximum Gasteiger partial charge on any atom is 0.273 e. The van der Waals surface area contributed by atoms with Gasteiger partial charge in [0.15, 0.2) is 0 Å². The number of aromatic amines is 2. The highest BCUT2D eigenvalue weighted by Crippen LogP contribution is 2.24. The molecule has 0 saturated carbocycles. The van der Waals surface area contributed by atoms with E-state index < -0.39 is 0 Å². The molecule has 8 heteroatoms. The fourth-order valence-corrected chi connectivity index (χ4v) is 2.93. The van der Waals surface area contributed by atoms with Crippen LogP contribution in [0.3, 0.4) is 0 Å². The molecule has 3 heterocycles. The molecule has 0 atom stereocenters. The zero-order valence-corrected chi connectivity index (χ0v) is 18.0. The lowest BCUT2D eigenvalue weighted by Crippen LogP contribution is -2.13. The molecule has 3 N–H and O–H groups in total.